The third-order valence-corrected chi connectivity index (χ3v) is 7.05. The molecule has 1 heterocycles. The highest BCUT2D eigenvalue weighted by molar-refractivity contribution is 7.80. The van der Waals surface area contributed by atoms with Gasteiger partial charge in [-0.25, -0.2) is 13.8 Å². The highest BCUT2D eigenvalue weighted by Gasteiger charge is 2.22. The van der Waals surface area contributed by atoms with Gasteiger partial charge < -0.3 is 25.6 Å². The van der Waals surface area contributed by atoms with Crippen LogP contribution >= 0.6 is 0 Å². The predicted molar refractivity (Wildman–Crippen MR) is 175 cm³/mol. The molecule has 0 aromatic heterocycles. The molecule has 5 atom stereocenters. The van der Waals surface area contributed by atoms with E-state index in [1.165, 1.54) is 24.3 Å². The number of nitrogens with one attached hydrogen (secondary N) is 1. The second kappa shape index (κ2) is 21.1. The number of hydrogen-bond donors (Lipinski definition) is 4. The highest BCUT2D eigenvalue weighted by atomic mass is 32.3. The number of carbonyl (C=O) groups excluding carboxylic acids is 3. The molecule has 0 fully saturated rings. The van der Waals surface area contributed by atoms with Crippen LogP contribution in [0.1, 0.15) is 73.1 Å². The third-order valence-electron chi connectivity index (χ3n) is 6.56. The van der Waals surface area contributed by atoms with Crippen molar-refractivity contribution < 1.29 is 46.1 Å². The van der Waals surface area contributed by atoms with Gasteiger partial charge >= 0.3 is 22.5 Å². The minimum Gasteiger partial charge on any atom is -0.458 e. The van der Waals surface area contributed by atoms with Crippen molar-refractivity contribution in [3.05, 3.63) is 83.7 Å². The van der Waals surface area contributed by atoms with Gasteiger partial charge in [0.05, 0.1) is 6.10 Å². The molecule has 0 radical (unpaired) electrons. The van der Waals surface area contributed by atoms with E-state index in [9.17, 15) is 32.5 Å². The summed E-state index contributed by atoms with van der Waals surface area (Å²) in [6, 6.07) is 0. The normalized spacial score (nSPS) is 26.8. The first-order valence-corrected chi connectivity index (χ1v) is 16.4. The Bertz CT molecular complexity index is 1340. The summed E-state index contributed by atoms with van der Waals surface area (Å²) < 4.78 is 47.5. The molecule has 46 heavy (non-hydrogen) atoms. The number of nitrogens with two attached hydrogens (primary N) is 1. The molecule has 1 aliphatic rings. The van der Waals surface area contributed by atoms with Gasteiger partial charge in [0.15, 0.2) is 0 Å². The van der Waals surface area contributed by atoms with Crippen LogP contribution in [0.4, 0.5) is 4.79 Å². The lowest BCUT2D eigenvalue weighted by Gasteiger charge is -2.22. The van der Waals surface area contributed by atoms with E-state index in [2.05, 4.69) is 5.32 Å². The first kappa shape index (κ1) is 40.2. The smallest absolute Gasteiger partial charge is 0.404 e. The fourth-order valence-electron chi connectivity index (χ4n) is 4.39. The van der Waals surface area contributed by atoms with Crippen LogP contribution < -0.4 is 11.1 Å². The van der Waals surface area contributed by atoms with Gasteiger partial charge in [0, 0.05) is 30.7 Å². The van der Waals surface area contributed by atoms with Crippen molar-refractivity contribution in [1.29, 1.82) is 0 Å². The Morgan fingerprint density at radius 1 is 1.15 bits per heavy atom. The van der Waals surface area contributed by atoms with Gasteiger partial charge in [0.1, 0.15) is 18.3 Å². The number of allylic oxidation sites excluding steroid dienone is 7. The number of cyclic esters (lactones) is 1. The molecular formula is C33H48N2O10S. The summed E-state index contributed by atoms with van der Waals surface area (Å²) in [5, 5.41) is 13.3. The SMILES string of the molecule is CC(C)=CC(=O)N/C=C/C(C)=C/[C@@H](C)[C@H]1C/C(C)=C/C=C/CC[C@H](OS(=O)(=O)O)/C=C/[C@@H](O)[C@@H](OC(N)=O)CCC/C=C/C(=O)O1. The van der Waals surface area contributed by atoms with Crippen molar-refractivity contribution in [2.24, 2.45) is 11.7 Å². The lowest BCUT2D eigenvalue weighted by atomic mass is 9.95. The van der Waals surface area contributed by atoms with Gasteiger partial charge in [-0.2, -0.15) is 8.42 Å². The molecule has 0 aromatic carbocycles. The maximum Gasteiger partial charge on any atom is 0.404 e. The zero-order valence-corrected chi connectivity index (χ0v) is 27.9. The molecule has 0 bridgehead atoms. The van der Waals surface area contributed by atoms with Crippen LogP contribution in [0.15, 0.2) is 83.7 Å². The van der Waals surface area contributed by atoms with Gasteiger partial charge in [-0.1, -0.05) is 66.2 Å². The third kappa shape index (κ3) is 19.6. The van der Waals surface area contributed by atoms with Crippen molar-refractivity contribution in [1.82, 2.24) is 5.32 Å². The minimum absolute atomic E-state index is 0.141. The molecule has 5 N–H and O–H groups in total. The lowest BCUT2D eigenvalue weighted by molar-refractivity contribution is -0.144. The van der Waals surface area contributed by atoms with E-state index in [-0.39, 0.29) is 24.7 Å². The van der Waals surface area contributed by atoms with Crippen LogP contribution in [0.2, 0.25) is 0 Å². The summed E-state index contributed by atoms with van der Waals surface area (Å²) in [5.41, 5.74) is 7.81. The standard InChI is InChI=1S/C33H48N2O10S/c1-23(2)20-31(37)35-19-18-25(4)21-26(5)30-22-24(3)12-8-6-9-13-27(45-46(40,41)42)16-17-28(36)29(44-33(34)39)14-10-7-11-15-32(38)43-30/h6,8,11-12,15-21,26-30,36H,7,9-10,13-14,22H2,1-5H3,(H2,34,39)(H,35,37)(H,40,41,42)/b8-6+,15-11+,17-16+,19-18+,24-12+,25-21+/t26-,27+,28-,29+,30-/m1/s1. The number of esters is 1. The van der Waals surface area contributed by atoms with Gasteiger partial charge in [0.25, 0.3) is 0 Å². The van der Waals surface area contributed by atoms with Crippen molar-refractivity contribution in [3.8, 4) is 0 Å². The molecule has 12 nitrogen and oxygen atoms in total. The lowest BCUT2D eigenvalue weighted by Crippen LogP contribution is -2.32. The number of primary amides is 1. The minimum atomic E-state index is -4.78. The van der Waals surface area contributed by atoms with Crippen LogP contribution in [0, 0.1) is 5.92 Å². The Hall–Kier alpha value is -3.78. The topological polar surface area (TPSA) is 192 Å². The Kier molecular flexibility index (Phi) is 18.5. The van der Waals surface area contributed by atoms with Gasteiger partial charge in [-0.3, -0.25) is 9.35 Å². The number of hydrogen-bond acceptors (Lipinski definition) is 9. The van der Waals surface area contributed by atoms with Crippen molar-refractivity contribution in [2.45, 2.75) is 97.6 Å². The predicted octanol–water partition coefficient (Wildman–Crippen LogP) is 5.06. The van der Waals surface area contributed by atoms with E-state index in [4.69, 9.17) is 19.4 Å². The average Bonchev–Trinajstić information content (AvgIpc) is 2.92. The molecule has 0 unspecified atom stereocenters. The largest absolute Gasteiger partial charge is 0.458 e. The number of carbonyl (C=O) groups is 3. The second-order valence-electron chi connectivity index (χ2n) is 11.3. The van der Waals surface area contributed by atoms with Crippen molar-refractivity contribution >= 4 is 28.4 Å². The van der Waals surface area contributed by atoms with E-state index in [1.807, 2.05) is 46.8 Å². The molecule has 0 saturated heterocycles. The highest BCUT2D eigenvalue weighted by Crippen LogP contribution is 2.21. The molecule has 1 aliphatic heterocycles. The fraction of sp³-hybridized carbons (Fsp3) is 0.485. The van der Waals surface area contributed by atoms with Crippen LogP contribution in [-0.4, -0.2) is 60.5 Å². The van der Waals surface area contributed by atoms with Crippen molar-refractivity contribution in [3.63, 3.8) is 0 Å². The van der Waals surface area contributed by atoms with Crippen molar-refractivity contribution in [2.75, 3.05) is 0 Å². The zero-order chi connectivity index (χ0) is 34.7. The molecule has 0 spiro atoms. The molecule has 2 amide bonds. The summed E-state index contributed by atoms with van der Waals surface area (Å²) in [6.45, 7) is 9.36. The van der Waals surface area contributed by atoms with Crippen LogP contribution in [-0.2, 0) is 33.6 Å². The summed E-state index contributed by atoms with van der Waals surface area (Å²) in [7, 11) is -4.78. The molecule has 0 saturated carbocycles. The maximum absolute atomic E-state index is 12.8. The van der Waals surface area contributed by atoms with E-state index in [0.717, 1.165) is 16.7 Å². The second-order valence-corrected chi connectivity index (χ2v) is 12.3. The number of aliphatic hydroxyl groups excluding tert-OH is 1. The van der Waals surface area contributed by atoms with Crippen LogP contribution in [0.25, 0.3) is 0 Å². The van der Waals surface area contributed by atoms with Gasteiger partial charge in [-0.05, 0) is 65.9 Å². The quantitative estimate of drug-likeness (QED) is 0.0897. The van der Waals surface area contributed by atoms with E-state index >= 15 is 0 Å². The Morgan fingerprint density at radius 2 is 1.87 bits per heavy atom. The first-order chi connectivity index (χ1) is 21.6. The Labute approximate surface area is 272 Å². The van der Waals surface area contributed by atoms with Gasteiger partial charge in [-0.15, -0.1) is 0 Å². The van der Waals surface area contributed by atoms with E-state index in [0.29, 0.717) is 25.7 Å². The van der Waals surface area contributed by atoms with Gasteiger partial charge in [0.2, 0.25) is 5.91 Å². The summed E-state index contributed by atoms with van der Waals surface area (Å²) in [4.78, 5) is 36.0. The summed E-state index contributed by atoms with van der Waals surface area (Å²) in [5.74, 6) is -0.950. The molecule has 0 aromatic rings. The Balaban J connectivity index is 3.23. The maximum atomic E-state index is 12.8. The monoisotopic (exact) mass is 664 g/mol. The summed E-state index contributed by atoms with van der Waals surface area (Å²) in [6.07, 6.45) is 14.4. The molecular weight excluding hydrogens is 616 g/mol. The molecule has 13 heteroatoms. The zero-order valence-electron chi connectivity index (χ0n) is 27.1. The summed E-state index contributed by atoms with van der Waals surface area (Å²) >= 11 is 0. The fourth-order valence-corrected chi connectivity index (χ4v) is 4.87. The molecule has 0 aliphatic carbocycles. The number of rotatable bonds is 8. The molecule has 1 rings (SSSR count). The molecule has 256 valence electrons. The van der Waals surface area contributed by atoms with Crippen LogP contribution in [0.5, 0.6) is 0 Å². The number of aliphatic hydroxyl groups is 1. The van der Waals surface area contributed by atoms with E-state index in [1.54, 1.807) is 30.5 Å². The average molecular weight is 665 g/mol. The van der Waals surface area contributed by atoms with Crippen LogP contribution in [0.3, 0.4) is 0 Å². The number of amides is 2. The first-order valence-electron chi connectivity index (χ1n) is 15.0. The number of ether oxygens (including phenoxy) is 2. The van der Waals surface area contributed by atoms with E-state index < -0.39 is 46.9 Å². The Morgan fingerprint density at radius 3 is 2.52 bits per heavy atom.